The molecule has 0 aromatic heterocycles. The van der Waals surface area contributed by atoms with E-state index in [2.05, 4.69) is 43.5 Å². The first-order valence-corrected chi connectivity index (χ1v) is 25.0. The number of hydrogen-bond acceptors (Lipinski definition) is 13. The topological polar surface area (TPSA) is 380 Å². The van der Waals surface area contributed by atoms with E-state index in [1.54, 1.807) is 19.1 Å². The summed E-state index contributed by atoms with van der Waals surface area (Å²) in [6.07, 6.45) is 5.73. The molecule has 0 saturated carbocycles. The maximum Gasteiger partial charge on any atom is 0.326 e. The third-order valence-corrected chi connectivity index (χ3v) is 12.8. The summed E-state index contributed by atoms with van der Waals surface area (Å²) >= 11 is 0. The van der Waals surface area contributed by atoms with Gasteiger partial charge in [-0.05, 0) is 63.9 Å². The predicted molar refractivity (Wildman–Crippen MR) is 278 cm³/mol. The lowest BCUT2D eigenvalue weighted by Gasteiger charge is -2.28. The number of amides is 7. The molecule has 24 nitrogen and oxygen atoms in total. The maximum atomic E-state index is 14.4. The Balaban J connectivity index is 2.12. The van der Waals surface area contributed by atoms with Crippen LogP contribution in [0.15, 0.2) is 83.6 Å². The number of benzene rings is 1. The second-order valence-corrected chi connectivity index (χ2v) is 19.1. The number of likely N-dealkylation sites (N-methyl/N-ethyl adjacent to an activating group) is 1. The molecule has 11 atom stereocenters. The number of ether oxygens (including phenoxy) is 1. The fourth-order valence-corrected chi connectivity index (χ4v) is 8.21. The number of guanidine groups is 1. The van der Waals surface area contributed by atoms with Crippen LogP contribution in [0.2, 0.25) is 0 Å². The molecule has 1 fully saturated rings. The predicted octanol–water partition coefficient (Wildman–Crippen LogP) is -0.0398. The Kier molecular flexibility index (Phi) is 25.0. The number of aliphatic hydroxyl groups excluding tert-OH is 1. The molecule has 1 saturated heterocycles. The van der Waals surface area contributed by atoms with Gasteiger partial charge in [0.25, 0.3) is 5.91 Å². The van der Waals surface area contributed by atoms with E-state index < -0.39 is 139 Å². The largest absolute Gasteiger partial charge is 0.480 e. The fraction of sp³-hybridized carbons (Fsp3) is 0.519. The summed E-state index contributed by atoms with van der Waals surface area (Å²) in [6.45, 7) is 11.2. The van der Waals surface area contributed by atoms with Gasteiger partial charge in [0, 0.05) is 39.3 Å². The normalized spacial score (nSPS) is 26.2. The highest BCUT2D eigenvalue weighted by Gasteiger charge is 2.35. The van der Waals surface area contributed by atoms with Crippen molar-refractivity contribution >= 4 is 65.2 Å². The van der Waals surface area contributed by atoms with Crippen LogP contribution in [0.25, 0.3) is 0 Å². The highest BCUT2D eigenvalue weighted by atomic mass is 16.5. The number of nitrogens with one attached hydrogen (secondary N) is 6. The molecule has 416 valence electrons. The number of carboxylic acid groups (broad SMARTS) is 2. The van der Waals surface area contributed by atoms with Gasteiger partial charge in [-0.15, -0.1) is 0 Å². The van der Waals surface area contributed by atoms with Gasteiger partial charge in [-0.25, -0.2) is 9.59 Å². The second kappa shape index (κ2) is 30.5. The highest BCUT2D eigenvalue weighted by Crippen LogP contribution is 2.23. The third-order valence-electron chi connectivity index (χ3n) is 12.8. The summed E-state index contributed by atoms with van der Waals surface area (Å²) in [4.78, 5) is 138. The molecule has 13 N–H and O–H groups in total. The number of nitrogens with two attached hydrogens (primary N) is 2. The van der Waals surface area contributed by atoms with Gasteiger partial charge in [0.15, 0.2) is 5.96 Å². The first-order valence-electron chi connectivity index (χ1n) is 25.0. The molecule has 3 rings (SSSR count). The minimum absolute atomic E-state index is 0.00769. The average Bonchev–Trinajstić information content (AvgIpc) is 3.35. The van der Waals surface area contributed by atoms with E-state index >= 15 is 0 Å². The Hall–Kier alpha value is -7.89. The fourth-order valence-electron chi connectivity index (χ4n) is 8.21. The van der Waals surface area contributed by atoms with E-state index in [1.165, 1.54) is 40.0 Å². The van der Waals surface area contributed by atoms with Gasteiger partial charge in [-0.3, -0.25) is 43.3 Å². The van der Waals surface area contributed by atoms with E-state index in [9.17, 15) is 63.3 Å². The Bertz CT molecular complexity index is 2400. The molecule has 1 heterocycles. The van der Waals surface area contributed by atoms with E-state index in [4.69, 9.17) is 16.2 Å². The van der Waals surface area contributed by atoms with Crippen LogP contribution < -0.4 is 43.4 Å². The van der Waals surface area contributed by atoms with E-state index in [0.29, 0.717) is 24.8 Å². The van der Waals surface area contributed by atoms with Crippen LogP contribution in [-0.2, 0) is 59.1 Å². The molecule has 24 heteroatoms. The summed E-state index contributed by atoms with van der Waals surface area (Å²) in [7, 11) is 1.19. The molecule has 1 aromatic carbocycles. The molecule has 76 heavy (non-hydrogen) atoms. The molecule has 0 radical (unpaired) electrons. The summed E-state index contributed by atoms with van der Waals surface area (Å²) in [5.74, 6) is -12.4. The molecular weight excluding hydrogens is 989 g/mol. The standard InChI is InChI=1S/C52H74N10O14/c1-28(24-29(2)42(76-33(6)63)26-34-12-9-8-10-13-34)15-20-37-30(3)45(67)59-39(50(72)73)21-22-44(66)62(7)32(5)47(69)56-31(4)46(68)60-40(25-35-16-18-36(64)19-17-35)49(71)61-41(51(74)75)27-43(65)57-38(48(70)58-37)14-11-23-55-52(53)54/h8-10,12-13,15-16,18,20,24,29-31,35-42,64H,5,11,14,17,19,21-23,25-27H2,1-4,6-7H3,(H,56,69)(H,57,65)(H,58,70)(H,59,67)(H,60,68)(H,61,71)(H,72,73)(H,74,75)(H4,53,54,55)/b20-15+,28-24+/t29-,30-,31+,35-,36-,37-,38-,39+,40-,41+,42-/m0/s1. The van der Waals surface area contributed by atoms with Gasteiger partial charge in [0.1, 0.15) is 42.0 Å². The minimum Gasteiger partial charge on any atom is -0.480 e. The Morgan fingerprint density at radius 2 is 1.49 bits per heavy atom. The number of allylic oxidation sites excluding steroid dienone is 3. The van der Waals surface area contributed by atoms with Gasteiger partial charge in [-0.2, -0.15) is 0 Å². The quantitative estimate of drug-likeness (QED) is 0.0209. The van der Waals surface area contributed by atoms with Crippen LogP contribution in [0.3, 0.4) is 0 Å². The molecule has 1 aliphatic heterocycles. The van der Waals surface area contributed by atoms with Gasteiger partial charge in [0.05, 0.1) is 24.5 Å². The number of aliphatic carboxylic acids is 2. The summed E-state index contributed by atoms with van der Waals surface area (Å²) in [5.41, 5.74) is 12.1. The molecule has 7 amide bonds. The van der Waals surface area contributed by atoms with Crippen molar-refractivity contribution in [3.63, 3.8) is 0 Å². The third kappa shape index (κ3) is 21.2. The van der Waals surface area contributed by atoms with Crippen molar-refractivity contribution in [2.45, 2.75) is 141 Å². The number of hydrogen-bond donors (Lipinski definition) is 11. The summed E-state index contributed by atoms with van der Waals surface area (Å²) in [6, 6.07) is 0.245. The van der Waals surface area contributed by atoms with Gasteiger partial charge in [0.2, 0.25) is 35.4 Å². The lowest BCUT2D eigenvalue weighted by molar-refractivity contribution is -0.148. The number of carboxylic acids is 2. The smallest absolute Gasteiger partial charge is 0.326 e. The zero-order valence-corrected chi connectivity index (χ0v) is 43.8. The number of carbonyl (C=O) groups is 10. The van der Waals surface area contributed by atoms with Crippen molar-refractivity contribution in [1.82, 2.24) is 36.8 Å². The van der Waals surface area contributed by atoms with Gasteiger partial charge >= 0.3 is 17.9 Å². The molecule has 0 bridgehead atoms. The van der Waals surface area contributed by atoms with Crippen molar-refractivity contribution in [1.29, 1.82) is 0 Å². The first-order chi connectivity index (χ1) is 35.7. The summed E-state index contributed by atoms with van der Waals surface area (Å²) in [5, 5.41) is 45.4. The molecule has 2 aliphatic rings. The van der Waals surface area contributed by atoms with Crippen molar-refractivity contribution < 1.29 is 68.0 Å². The number of aliphatic imine (C=N–C) groups is 1. The molecule has 1 aromatic rings. The molecular formula is C52H74N10O14. The highest BCUT2D eigenvalue weighted by molar-refractivity contribution is 6.00. The first kappa shape index (κ1) is 62.4. The number of rotatable bonds is 15. The lowest BCUT2D eigenvalue weighted by Crippen LogP contribution is -2.57. The zero-order chi connectivity index (χ0) is 56.8. The Labute approximate surface area is 441 Å². The molecule has 0 spiro atoms. The van der Waals surface area contributed by atoms with Crippen molar-refractivity contribution in [2.24, 2.45) is 34.2 Å². The number of carbonyl (C=O) groups excluding carboxylic acids is 8. The van der Waals surface area contributed by atoms with Crippen molar-refractivity contribution in [3.8, 4) is 0 Å². The zero-order valence-electron chi connectivity index (χ0n) is 43.8. The number of nitrogens with zero attached hydrogens (tertiary/aromatic N) is 2. The van der Waals surface area contributed by atoms with Crippen LogP contribution in [0.5, 0.6) is 0 Å². The van der Waals surface area contributed by atoms with Crippen molar-refractivity contribution in [3.05, 3.63) is 84.1 Å². The van der Waals surface area contributed by atoms with Gasteiger partial charge in [-0.1, -0.05) is 86.7 Å². The Morgan fingerprint density at radius 3 is 2.09 bits per heavy atom. The van der Waals surface area contributed by atoms with E-state index in [1.807, 2.05) is 43.3 Å². The maximum absolute atomic E-state index is 14.4. The van der Waals surface area contributed by atoms with E-state index in [-0.39, 0.29) is 43.6 Å². The van der Waals surface area contributed by atoms with Crippen LogP contribution in [0, 0.1) is 17.8 Å². The minimum atomic E-state index is -1.92. The van der Waals surface area contributed by atoms with Crippen molar-refractivity contribution in [2.75, 3.05) is 13.6 Å². The second-order valence-electron chi connectivity index (χ2n) is 19.1. The Morgan fingerprint density at radius 1 is 0.842 bits per heavy atom. The average molecular weight is 1060 g/mol. The lowest BCUT2D eigenvalue weighted by atomic mass is 9.88. The monoisotopic (exact) mass is 1060 g/mol. The van der Waals surface area contributed by atoms with Crippen LogP contribution in [-0.4, -0.2) is 147 Å². The molecule has 0 unspecified atom stereocenters. The summed E-state index contributed by atoms with van der Waals surface area (Å²) < 4.78 is 5.67. The van der Waals surface area contributed by atoms with Crippen LogP contribution in [0.4, 0.5) is 0 Å². The number of aliphatic hydroxyl groups is 1. The van der Waals surface area contributed by atoms with Gasteiger partial charge < -0.3 is 68.3 Å². The van der Waals surface area contributed by atoms with Crippen LogP contribution in [0.1, 0.15) is 91.5 Å². The van der Waals surface area contributed by atoms with Crippen LogP contribution >= 0.6 is 0 Å². The van der Waals surface area contributed by atoms with E-state index in [0.717, 1.165) is 10.5 Å². The number of esters is 1. The molecule has 1 aliphatic carbocycles. The SMILES string of the molecule is C=C1C(=O)N[C@H](C)C(=O)N[C@@H](C[C@H]2C=C[C@H](O)CC2)C(=O)N[C@@H](C(=O)O)CC(=O)N[C@@H](CCCN=C(N)N)C(=O)N[C@@H](/C=C/C(C)=C/[C@H](C)[C@H](Cc2ccccc2)OC(C)=O)[C@H](C)C(=O)N[C@@H](C(=O)O)CCC(=O)N1C.